The summed E-state index contributed by atoms with van der Waals surface area (Å²) in [7, 11) is 0. The molecule has 0 saturated heterocycles. The van der Waals surface area contributed by atoms with Gasteiger partial charge in [0.25, 0.3) is 17.7 Å². The van der Waals surface area contributed by atoms with E-state index in [1.165, 1.54) is 0 Å². The van der Waals surface area contributed by atoms with Crippen molar-refractivity contribution in [2.75, 3.05) is 5.32 Å². The topological polar surface area (TPSA) is 96.5 Å². The molecule has 0 spiro atoms. The SMILES string of the molecule is CC(Oc1ccccc1)C(=O)NNC(=O)c1ccc(NC(=O)c2ccccc2)cc1. The van der Waals surface area contributed by atoms with Gasteiger partial charge >= 0.3 is 0 Å². The van der Waals surface area contributed by atoms with Crippen molar-refractivity contribution in [3.8, 4) is 5.75 Å². The normalized spacial score (nSPS) is 11.1. The van der Waals surface area contributed by atoms with Gasteiger partial charge in [-0.1, -0.05) is 36.4 Å². The lowest BCUT2D eigenvalue weighted by molar-refractivity contribution is -0.128. The minimum Gasteiger partial charge on any atom is -0.481 e. The highest BCUT2D eigenvalue weighted by atomic mass is 16.5. The monoisotopic (exact) mass is 403 g/mol. The molecule has 3 aromatic carbocycles. The lowest BCUT2D eigenvalue weighted by atomic mass is 10.1. The molecule has 0 aromatic heterocycles. The maximum absolute atomic E-state index is 12.2. The predicted molar refractivity (Wildman–Crippen MR) is 113 cm³/mol. The Bertz CT molecular complexity index is 1010. The van der Waals surface area contributed by atoms with E-state index in [1.54, 1.807) is 79.7 Å². The summed E-state index contributed by atoms with van der Waals surface area (Å²) in [5.74, 6) is -0.665. The summed E-state index contributed by atoms with van der Waals surface area (Å²) < 4.78 is 5.50. The fourth-order valence-electron chi connectivity index (χ4n) is 2.55. The van der Waals surface area contributed by atoms with Crippen molar-refractivity contribution in [2.24, 2.45) is 0 Å². The third-order valence-corrected chi connectivity index (χ3v) is 4.17. The molecule has 3 rings (SSSR count). The van der Waals surface area contributed by atoms with Gasteiger partial charge in [0.05, 0.1) is 0 Å². The number of hydrazine groups is 1. The highest BCUT2D eigenvalue weighted by Gasteiger charge is 2.16. The predicted octanol–water partition coefficient (Wildman–Crippen LogP) is 3.17. The van der Waals surface area contributed by atoms with Crippen molar-refractivity contribution in [1.29, 1.82) is 0 Å². The summed E-state index contributed by atoms with van der Waals surface area (Å²) in [5.41, 5.74) is 6.09. The van der Waals surface area contributed by atoms with Crippen molar-refractivity contribution in [1.82, 2.24) is 10.9 Å². The largest absolute Gasteiger partial charge is 0.481 e. The molecule has 0 aliphatic rings. The van der Waals surface area contributed by atoms with Crippen LogP contribution >= 0.6 is 0 Å². The zero-order chi connectivity index (χ0) is 21.3. The van der Waals surface area contributed by atoms with E-state index in [0.29, 0.717) is 22.6 Å². The highest BCUT2D eigenvalue weighted by Crippen LogP contribution is 2.12. The molecule has 3 aromatic rings. The maximum atomic E-state index is 12.2. The second-order valence-corrected chi connectivity index (χ2v) is 6.41. The first-order valence-corrected chi connectivity index (χ1v) is 9.31. The van der Waals surface area contributed by atoms with Gasteiger partial charge in [-0.25, -0.2) is 0 Å². The van der Waals surface area contributed by atoms with Crippen LogP contribution in [0.3, 0.4) is 0 Å². The van der Waals surface area contributed by atoms with Crippen LogP contribution in [0.2, 0.25) is 0 Å². The molecular formula is C23H21N3O4. The number of para-hydroxylation sites is 1. The smallest absolute Gasteiger partial charge is 0.279 e. The summed E-state index contributed by atoms with van der Waals surface area (Å²) in [6.45, 7) is 1.58. The standard InChI is InChI=1S/C23H21N3O4/c1-16(30-20-10-6-3-7-11-20)21(27)25-26-23(29)18-12-14-19(15-13-18)24-22(28)17-8-4-2-5-9-17/h2-16H,1H3,(H,24,28)(H,25,27)(H,26,29). The van der Waals surface area contributed by atoms with Gasteiger partial charge in [0, 0.05) is 16.8 Å². The van der Waals surface area contributed by atoms with E-state index in [2.05, 4.69) is 16.2 Å². The molecule has 30 heavy (non-hydrogen) atoms. The highest BCUT2D eigenvalue weighted by molar-refractivity contribution is 6.04. The van der Waals surface area contributed by atoms with Gasteiger partial charge in [-0.05, 0) is 55.5 Å². The molecule has 0 saturated carbocycles. The van der Waals surface area contributed by atoms with E-state index >= 15 is 0 Å². The Morgan fingerprint density at radius 2 is 1.27 bits per heavy atom. The van der Waals surface area contributed by atoms with Gasteiger partial charge in [-0.15, -0.1) is 0 Å². The molecule has 1 unspecified atom stereocenters. The second kappa shape index (κ2) is 9.88. The third-order valence-electron chi connectivity index (χ3n) is 4.17. The Morgan fingerprint density at radius 1 is 0.700 bits per heavy atom. The zero-order valence-electron chi connectivity index (χ0n) is 16.3. The van der Waals surface area contributed by atoms with Gasteiger partial charge in [0.2, 0.25) is 0 Å². The number of benzene rings is 3. The number of anilines is 1. The van der Waals surface area contributed by atoms with Crippen LogP contribution in [0, 0.1) is 0 Å². The fourth-order valence-corrected chi connectivity index (χ4v) is 2.55. The Kier molecular flexibility index (Phi) is 6.78. The van der Waals surface area contributed by atoms with Crippen LogP contribution < -0.4 is 20.9 Å². The number of carbonyl (C=O) groups is 3. The van der Waals surface area contributed by atoms with Crippen molar-refractivity contribution in [3.05, 3.63) is 96.1 Å². The average Bonchev–Trinajstić information content (AvgIpc) is 2.79. The van der Waals surface area contributed by atoms with E-state index in [1.807, 2.05) is 12.1 Å². The van der Waals surface area contributed by atoms with Gasteiger partial charge in [0.15, 0.2) is 6.10 Å². The maximum Gasteiger partial charge on any atom is 0.279 e. The quantitative estimate of drug-likeness (QED) is 0.551. The molecule has 7 heteroatoms. The van der Waals surface area contributed by atoms with E-state index in [-0.39, 0.29) is 5.91 Å². The van der Waals surface area contributed by atoms with Crippen LogP contribution in [0.5, 0.6) is 5.75 Å². The molecule has 0 radical (unpaired) electrons. The summed E-state index contributed by atoms with van der Waals surface area (Å²) in [6, 6.07) is 24.0. The minimum atomic E-state index is -0.789. The van der Waals surface area contributed by atoms with Gasteiger partial charge in [0.1, 0.15) is 5.75 Å². The molecule has 0 heterocycles. The van der Waals surface area contributed by atoms with E-state index in [0.717, 1.165) is 0 Å². The van der Waals surface area contributed by atoms with Crippen molar-refractivity contribution < 1.29 is 19.1 Å². The summed E-state index contributed by atoms with van der Waals surface area (Å²) in [5, 5.41) is 2.76. The number of carbonyl (C=O) groups excluding carboxylic acids is 3. The Morgan fingerprint density at radius 3 is 1.90 bits per heavy atom. The van der Waals surface area contributed by atoms with E-state index in [9.17, 15) is 14.4 Å². The molecule has 7 nitrogen and oxygen atoms in total. The Hall–Kier alpha value is -4.13. The van der Waals surface area contributed by atoms with Gasteiger partial charge in [-0.2, -0.15) is 0 Å². The molecular weight excluding hydrogens is 382 g/mol. The molecule has 152 valence electrons. The van der Waals surface area contributed by atoms with Gasteiger partial charge < -0.3 is 10.1 Å². The Labute approximate surface area is 174 Å². The van der Waals surface area contributed by atoms with Crippen molar-refractivity contribution in [3.63, 3.8) is 0 Å². The second-order valence-electron chi connectivity index (χ2n) is 6.41. The molecule has 3 amide bonds. The first-order chi connectivity index (χ1) is 14.5. The molecule has 0 aliphatic carbocycles. The van der Waals surface area contributed by atoms with Crippen molar-refractivity contribution >= 4 is 23.4 Å². The molecule has 3 N–H and O–H groups in total. The van der Waals surface area contributed by atoms with Crippen LogP contribution in [-0.2, 0) is 4.79 Å². The molecule has 0 fully saturated rings. The third kappa shape index (κ3) is 5.68. The fraction of sp³-hybridized carbons (Fsp3) is 0.0870. The number of hydrogen-bond donors (Lipinski definition) is 3. The van der Waals surface area contributed by atoms with Crippen LogP contribution in [0.4, 0.5) is 5.69 Å². The summed E-state index contributed by atoms with van der Waals surface area (Å²) in [4.78, 5) is 36.5. The summed E-state index contributed by atoms with van der Waals surface area (Å²) >= 11 is 0. The molecule has 1 atom stereocenters. The summed E-state index contributed by atoms with van der Waals surface area (Å²) in [6.07, 6.45) is -0.789. The first-order valence-electron chi connectivity index (χ1n) is 9.31. The van der Waals surface area contributed by atoms with E-state index in [4.69, 9.17) is 4.74 Å². The van der Waals surface area contributed by atoms with Gasteiger partial charge in [-0.3, -0.25) is 25.2 Å². The lowest BCUT2D eigenvalue weighted by Crippen LogP contribution is -2.47. The van der Waals surface area contributed by atoms with Crippen molar-refractivity contribution in [2.45, 2.75) is 13.0 Å². The van der Waals surface area contributed by atoms with Crippen LogP contribution in [0.15, 0.2) is 84.9 Å². The number of amides is 3. The van der Waals surface area contributed by atoms with Crippen LogP contribution in [-0.4, -0.2) is 23.8 Å². The Balaban J connectivity index is 1.49. The average molecular weight is 403 g/mol. The van der Waals surface area contributed by atoms with Crippen LogP contribution in [0.25, 0.3) is 0 Å². The lowest BCUT2D eigenvalue weighted by Gasteiger charge is -2.15. The van der Waals surface area contributed by atoms with Crippen LogP contribution in [0.1, 0.15) is 27.6 Å². The number of ether oxygens (including phenoxy) is 1. The van der Waals surface area contributed by atoms with E-state index < -0.39 is 17.9 Å². The number of rotatable bonds is 6. The number of hydrogen-bond acceptors (Lipinski definition) is 4. The molecule has 0 aliphatic heterocycles. The molecule has 0 bridgehead atoms. The first kappa shape index (κ1) is 20.6. The minimum absolute atomic E-state index is 0.243. The zero-order valence-corrected chi connectivity index (χ0v) is 16.3. The number of nitrogens with one attached hydrogen (secondary N) is 3.